The first-order valence-electron chi connectivity index (χ1n) is 7.01. The Hall–Kier alpha value is -3.35. The van der Waals surface area contributed by atoms with Crippen LogP contribution in [0.2, 0.25) is 0 Å². The van der Waals surface area contributed by atoms with Crippen LogP contribution in [0.25, 0.3) is 0 Å². The summed E-state index contributed by atoms with van der Waals surface area (Å²) in [5.41, 5.74) is 5.08. The Morgan fingerprint density at radius 1 is 1.00 bits per heavy atom. The largest absolute Gasteiger partial charge is 0.271 e. The number of carbonyl (C=O) groups excluding carboxylic acids is 1. The summed E-state index contributed by atoms with van der Waals surface area (Å²) in [6.45, 7) is 0.00730. The molecule has 3 aromatic rings. The van der Waals surface area contributed by atoms with Gasteiger partial charge in [0, 0.05) is 11.1 Å². The fourth-order valence-corrected chi connectivity index (χ4v) is 2.04. The first-order chi connectivity index (χ1) is 11.3. The normalized spacial score (nSPS) is 10.1. The summed E-state index contributed by atoms with van der Waals surface area (Å²) in [5.74, 6) is -0.304. The van der Waals surface area contributed by atoms with E-state index in [0.29, 0.717) is 5.71 Å². The zero-order chi connectivity index (χ0) is 15.9. The van der Waals surface area contributed by atoms with E-state index in [1.165, 1.54) is 11.0 Å². The Bertz CT molecular complexity index is 742. The minimum atomic E-state index is -0.304. The maximum atomic E-state index is 11.9. The molecular formula is C16H14N6O. The van der Waals surface area contributed by atoms with E-state index in [9.17, 15) is 4.79 Å². The van der Waals surface area contributed by atoms with Crippen molar-refractivity contribution in [1.29, 1.82) is 0 Å². The van der Waals surface area contributed by atoms with Crippen LogP contribution in [0.4, 0.5) is 0 Å². The SMILES string of the molecule is O=C(Cn1cnnn1)NN=C(c1ccccc1)c1ccccc1. The summed E-state index contributed by atoms with van der Waals surface area (Å²) >= 11 is 0. The average Bonchev–Trinajstić information content (AvgIpc) is 3.10. The van der Waals surface area contributed by atoms with E-state index in [2.05, 4.69) is 26.1 Å². The van der Waals surface area contributed by atoms with E-state index in [0.717, 1.165) is 11.1 Å². The summed E-state index contributed by atoms with van der Waals surface area (Å²) < 4.78 is 1.33. The number of benzene rings is 2. The van der Waals surface area contributed by atoms with Crippen LogP contribution in [0, 0.1) is 0 Å². The van der Waals surface area contributed by atoms with Crippen LogP contribution < -0.4 is 5.43 Å². The van der Waals surface area contributed by atoms with Crippen molar-refractivity contribution >= 4 is 11.6 Å². The van der Waals surface area contributed by atoms with Crippen LogP contribution in [0.15, 0.2) is 72.1 Å². The molecule has 1 heterocycles. The summed E-state index contributed by atoms with van der Waals surface area (Å²) in [5, 5.41) is 14.9. The molecule has 0 unspecified atom stereocenters. The molecule has 3 rings (SSSR count). The van der Waals surface area contributed by atoms with Crippen molar-refractivity contribution in [3.8, 4) is 0 Å². The molecule has 0 radical (unpaired) electrons. The number of amides is 1. The summed E-state index contributed by atoms with van der Waals surface area (Å²) in [7, 11) is 0. The van der Waals surface area contributed by atoms with Gasteiger partial charge < -0.3 is 0 Å². The first kappa shape index (κ1) is 14.6. The van der Waals surface area contributed by atoms with Crippen molar-refractivity contribution < 1.29 is 4.79 Å². The molecule has 7 nitrogen and oxygen atoms in total. The Kier molecular flexibility index (Phi) is 4.49. The lowest BCUT2D eigenvalue weighted by molar-refractivity contribution is -0.121. The van der Waals surface area contributed by atoms with Crippen molar-refractivity contribution in [2.24, 2.45) is 5.10 Å². The molecule has 1 aromatic heterocycles. The van der Waals surface area contributed by atoms with Gasteiger partial charge in [-0.05, 0) is 10.4 Å². The van der Waals surface area contributed by atoms with E-state index in [-0.39, 0.29) is 12.5 Å². The fourth-order valence-electron chi connectivity index (χ4n) is 2.04. The molecule has 0 spiro atoms. The van der Waals surface area contributed by atoms with Crippen molar-refractivity contribution in [2.45, 2.75) is 6.54 Å². The third kappa shape index (κ3) is 3.85. The highest BCUT2D eigenvalue weighted by Crippen LogP contribution is 2.10. The number of hydrazone groups is 1. The quantitative estimate of drug-likeness (QED) is 0.568. The molecule has 0 saturated heterocycles. The number of nitrogens with zero attached hydrogens (tertiary/aromatic N) is 5. The highest BCUT2D eigenvalue weighted by Gasteiger charge is 2.08. The van der Waals surface area contributed by atoms with Gasteiger partial charge >= 0.3 is 0 Å². The highest BCUT2D eigenvalue weighted by molar-refractivity contribution is 6.13. The van der Waals surface area contributed by atoms with Gasteiger partial charge in [0.2, 0.25) is 0 Å². The van der Waals surface area contributed by atoms with Gasteiger partial charge in [0.15, 0.2) is 0 Å². The molecule has 0 fully saturated rings. The maximum Gasteiger partial charge on any atom is 0.261 e. The molecule has 1 N–H and O–H groups in total. The number of tetrazole rings is 1. The van der Waals surface area contributed by atoms with Crippen molar-refractivity contribution in [2.75, 3.05) is 0 Å². The summed E-state index contributed by atoms with van der Waals surface area (Å²) in [6, 6.07) is 19.4. The lowest BCUT2D eigenvalue weighted by Crippen LogP contribution is -2.25. The Morgan fingerprint density at radius 3 is 2.13 bits per heavy atom. The van der Waals surface area contributed by atoms with Gasteiger partial charge in [-0.15, -0.1) is 5.10 Å². The number of nitrogens with one attached hydrogen (secondary N) is 1. The third-order valence-corrected chi connectivity index (χ3v) is 3.08. The van der Waals surface area contributed by atoms with E-state index >= 15 is 0 Å². The summed E-state index contributed by atoms with van der Waals surface area (Å²) in [6.07, 6.45) is 1.37. The Morgan fingerprint density at radius 2 is 1.61 bits per heavy atom. The third-order valence-electron chi connectivity index (χ3n) is 3.08. The highest BCUT2D eigenvalue weighted by atomic mass is 16.2. The number of aromatic nitrogens is 4. The zero-order valence-corrected chi connectivity index (χ0v) is 12.2. The molecule has 0 aliphatic heterocycles. The number of rotatable bonds is 5. The van der Waals surface area contributed by atoms with Crippen molar-refractivity contribution in [3.05, 3.63) is 78.1 Å². The topological polar surface area (TPSA) is 85.1 Å². The lowest BCUT2D eigenvalue weighted by atomic mass is 10.0. The van der Waals surface area contributed by atoms with Crippen LogP contribution in [0.5, 0.6) is 0 Å². The van der Waals surface area contributed by atoms with E-state index < -0.39 is 0 Å². The molecule has 7 heteroatoms. The molecule has 0 saturated carbocycles. The molecule has 23 heavy (non-hydrogen) atoms. The van der Waals surface area contributed by atoms with Gasteiger partial charge in [-0.2, -0.15) is 5.10 Å². The Labute approximate surface area is 132 Å². The molecule has 2 aromatic carbocycles. The summed E-state index contributed by atoms with van der Waals surface area (Å²) in [4.78, 5) is 11.9. The van der Waals surface area contributed by atoms with Gasteiger partial charge in [-0.1, -0.05) is 60.7 Å². The second kappa shape index (κ2) is 7.08. The van der Waals surface area contributed by atoms with Gasteiger partial charge in [0.25, 0.3) is 5.91 Å². The van der Waals surface area contributed by atoms with Gasteiger partial charge in [0.1, 0.15) is 12.9 Å². The second-order valence-electron chi connectivity index (χ2n) is 4.73. The standard InChI is InChI=1S/C16H14N6O/c23-15(11-22-12-17-20-21-22)18-19-16(13-7-3-1-4-8-13)14-9-5-2-6-10-14/h1-10,12H,11H2,(H,18,23). The first-order valence-corrected chi connectivity index (χ1v) is 7.01. The van der Waals surface area contributed by atoms with E-state index in [1.807, 2.05) is 60.7 Å². The van der Waals surface area contributed by atoms with Crippen LogP contribution >= 0.6 is 0 Å². The van der Waals surface area contributed by atoms with E-state index in [1.54, 1.807) is 0 Å². The molecule has 0 atom stereocenters. The van der Waals surface area contributed by atoms with Crippen LogP contribution in [-0.4, -0.2) is 31.8 Å². The zero-order valence-electron chi connectivity index (χ0n) is 12.2. The molecular weight excluding hydrogens is 292 g/mol. The minimum absolute atomic E-state index is 0.00730. The predicted molar refractivity (Wildman–Crippen MR) is 84.5 cm³/mol. The monoisotopic (exact) mass is 306 g/mol. The molecule has 0 bridgehead atoms. The average molecular weight is 306 g/mol. The van der Waals surface area contributed by atoms with Crippen LogP contribution in [-0.2, 0) is 11.3 Å². The van der Waals surface area contributed by atoms with Crippen molar-refractivity contribution in [1.82, 2.24) is 25.6 Å². The lowest BCUT2D eigenvalue weighted by Gasteiger charge is -2.07. The van der Waals surface area contributed by atoms with Gasteiger partial charge in [-0.3, -0.25) is 4.79 Å². The molecule has 0 aliphatic carbocycles. The number of carbonyl (C=O) groups is 1. The van der Waals surface area contributed by atoms with Crippen molar-refractivity contribution in [3.63, 3.8) is 0 Å². The number of hydrogen-bond donors (Lipinski definition) is 1. The van der Waals surface area contributed by atoms with Gasteiger partial charge in [-0.25, -0.2) is 10.1 Å². The molecule has 0 aliphatic rings. The number of hydrogen-bond acceptors (Lipinski definition) is 5. The van der Waals surface area contributed by atoms with Gasteiger partial charge in [0.05, 0.1) is 5.71 Å². The minimum Gasteiger partial charge on any atom is -0.271 e. The molecule has 114 valence electrons. The van der Waals surface area contributed by atoms with Crippen LogP contribution in [0.3, 0.4) is 0 Å². The second-order valence-corrected chi connectivity index (χ2v) is 4.73. The van der Waals surface area contributed by atoms with E-state index in [4.69, 9.17) is 0 Å². The predicted octanol–water partition coefficient (Wildman–Crippen LogP) is 1.24. The Balaban J connectivity index is 1.82. The van der Waals surface area contributed by atoms with Crippen LogP contribution in [0.1, 0.15) is 11.1 Å². The fraction of sp³-hybridized carbons (Fsp3) is 0.0625. The molecule has 1 amide bonds. The maximum absolute atomic E-state index is 11.9. The smallest absolute Gasteiger partial charge is 0.261 e.